The van der Waals surface area contributed by atoms with Crippen LogP contribution in [-0.2, 0) is 16.1 Å². The van der Waals surface area contributed by atoms with E-state index in [9.17, 15) is 14.4 Å². The maximum Gasteiger partial charge on any atom is 0.330 e. The summed E-state index contributed by atoms with van der Waals surface area (Å²) in [6.45, 7) is 0.279. The number of aldehydes is 1. The van der Waals surface area contributed by atoms with Crippen LogP contribution in [0.3, 0.4) is 0 Å². The standard InChI is InChI=1S/C20H19NO5/c1-21-20(24)16-9-10-18(17(12-16)13-22)25-11-5-8-19(23)26-14-15-6-3-2-4-7-15/h2-10,12-13H,11,14H2,1H3,(H,21,24)/b8-5+. The molecule has 0 radical (unpaired) electrons. The Morgan fingerprint density at radius 2 is 1.88 bits per heavy atom. The van der Waals surface area contributed by atoms with Crippen molar-refractivity contribution in [2.45, 2.75) is 6.61 Å². The van der Waals surface area contributed by atoms with Crippen molar-refractivity contribution >= 4 is 18.2 Å². The Kier molecular flexibility index (Phi) is 7.12. The zero-order valence-electron chi connectivity index (χ0n) is 14.3. The van der Waals surface area contributed by atoms with Crippen LogP contribution in [0.15, 0.2) is 60.7 Å². The van der Waals surface area contributed by atoms with Crippen LogP contribution in [-0.4, -0.2) is 31.8 Å². The zero-order chi connectivity index (χ0) is 18.8. The fourth-order valence-corrected chi connectivity index (χ4v) is 2.12. The van der Waals surface area contributed by atoms with Gasteiger partial charge in [-0.1, -0.05) is 30.3 Å². The number of hydrogen-bond acceptors (Lipinski definition) is 5. The van der Waals surface area contributed by atoms with E-state index in [2.05, 4.69) is 5.32 Å². The molecule has 0 aliphatic heterocycles. The van der Waals surface area contributed by atoms with Gasteiger partial charge >= 0.3 is 5.97 Å². The summed E-state index contributed by atoms with van der Waals surface area (Å²) < 4.78 is 10.5. The van der Waals surface area contributed by atoms with Crippen LogP contribution >= 0.6 is 0 Å². The van der Waals surface area contributed by atoms with E-state index in [-0.39, 0.29) is 24.7 Å². The molecule has 1 N–H and O–H groups in total. The van der Waals surface area contributed by atoms with Crippen LogP contribution < -0.4 is 10.1 Å². The van der Waals surface area contributed by atoms with Crippen LogP contribution in [0.4, 0.5) is 0 Å². The average molecular weight is 353 g/mol. The first kappa shape index (κ1) is 18.9. The van der Waals surface area contributed by atoms with Crippen LogP contribution in [0.25, 0.3) is 0 Å². The minimum atomic E-state index is -0.483. The van der Waals surface area contributed by atoms with Gasteiger partial charge in [0.05, 0.1) is 5.56 Å². The molecule has 0 spiro atoms. The second-order valence-corrected chi connectivity index (χ2v) is 5.26. The second kappa shape index (κ2) is 9.78. The minimum absolute atomic E-state index is 0.0839. The SMILES string of the molecule is CNC(=O)c1ccc(OC/C=C/C(=O)OCc2ccccc2)c(C=O)c1. The number of rotatable bonds is 8. The highest BCUT2D eigenvalue weighted by Gasteiger charge is 2.08. The molecular formula is C20H19NO5. The molecule has 0 bridgehead atoms. The Bertz CT molecular complexity index is 799. The van der Waals surface area contributed by atoms with E-state index < -0.39 is 5.97 Å². The van der Waals surface area contributed by atoms with E-state index >= 15 is 0 Å². The molecule has 0 atom stereocenters. The molecule has 2 aromatic rings. The van der Waals surface area contributed by atoms with Crippen LogP contribution in [0, 0.1) is 0 Å². The van der Waals surface area contributed by atoms with Crippen LogP contribution in [0.1, 0.15) is 26.3 Å². The first-order valence-corrected chi connectivity index (χ1v) is 7.95. The third-order valence-electron chi connectivity index (χ3n) is 3.44. The summed E-state index contributed by atoms with van der Waals surface area (Å²) in [7, 11) is 1.51. The highest BCUT2D eigenvalue weighted by atomic mass is 16.5. The van der Waals surface area contributed by atoms with Crippen molar-refractivity contribution < 1.29 is 23.9 Å². The Balaban J connectivity index is 1.84. The predicted octanol–water partition coefficient (Wildman–Crippen LogP) is 2.54. The molecule has 0 unspecified atom stereocenters. The molecule has 26 heavy (non-hydrogen) atoms. The Morgan fingerprint density at radius 1 is 1.12 bits per heavy atom. The quantitative estimate of drug-likeness (QED) is 0.448. The van der Waals surface area contributed by atoms with Gasteiger partial charge in [-0.2, -0.15) is 0 Å². The zero-order valence-corrected chi connectivity index (χ0v) is 14.3. The highest BCUT2D eigenvalue weighted by molar-refractivity contribution is 5.96. The van der Waals surface area contributed by atoms with E-state index in [1.165, 1.54) is 31.3 Å². The molecule has 0 heterocycles. The molecule has 0 aliphatic rings. The summed E-state index contributed by atoms with van der Waals surface area (Å²) in [5, 5.41) is 2.48. The topological polar surface area (TPSA) is 81.7 Å². The van der Waals surface area contributed by atoms with E-state index in [0.29, 0.717) is 17.6 Å². The van der Waals surface area contributed by atoms with Crippen molar-refractivity contribution in [3.8, 4) is 5.75 Å². The summed E-state index contributed by atoms with van der Waals surface area (Å²) >= 11 is 0. The van der Waals surface area contributed by atoms with E-state index in [1.807, 2.05) is 30.3 Å². The molecule has 6 heteroatoms. The Morgan fingerprint density at radius 3 is 2.58 bits per heavy atom. The molecule has 0 aliphatic carbocycles. The molecule has 134 valence electrons. The summed E-state index contributed by atoms with van der Waals surface area (Å²) in [4.78, 5) is 34.3. The number of ether oxygens (including phenoxy) is 2. The number of hydrogen-bond donors (Lipinski definition) is 1. The summed E-state index contributed by atoms with van der Waals surface area (Å²) in [5.74, 6) is -0.446. The Hall–Kier alpha value is -3.41. The third kappa shape index (κ3) is 5.59. The maximum atomic E-state index is 11.6. The number of carbonyl (C=O) groups excluding carboxylic acids is 3. The molecule has 0 aromatic heterocycles. The van der Waals surface area contributed by atoms with E-state index in [4.69, 9.17) is 9.47 Å². The lowest BCUT2D eigenvalue weighted by Gasteiger charge is -2.08. The lowest BCUT2D eigenvalue weighted by Crippen LogP contribution is -2.18. The molecule has 0 fully saturated rings. The van der Waals surface area contributed by atoms with Gasteiger partial charge in [-0.3, -0.25) is 9.59 Å². The van der Waals surface area contributed by atoms with E-state index in [1.54, 1.807) is 6.07 Å². The van der Waals surface area contributed by atoms with Crippen LogP contribution in [0.5, 0.6) is 5.75 Å². The summed E-state index contributed by atoms with van der Waals surface area (Å²) in [5.41, 5.74) is 1.52. The summed E-state index contributed by atoms with van der Waals surface area (Å²) in [6.07, 6.45) is 3.37. The van der Waals surface area contributed by atoms with E-state index in [0.717, 1.165) is 5.56 Å². The number of esters is 1. The van der Waals surface area contributed by atoms with Crippen molar-refractivity contribution in [2.75, 3.05) is 13.7 Å². The molecule has 6 nitrogen and oxygen atoms in total. The molecule has 0 saturated heterocycles. The van der Waals surface area contributed by atoms with Crippen molar-refractivity contribution in [3.63, 3.8) is 0 Å². The van der Waals surface area contributed by atoms with Crippen LogP contribution in [0.2, 0.25) is 0 Å². The summed E-state index contributed by atoms with van der Waals surface area (Å²) in [6, 6.07) is 13.9. The molecule has 2 rings (SSSR count). The predicted molar refractivity (Wildman–Crippen MR) is 96.1 cm³/mol. The second-order valence-electron chi connectivity index (χ2n) is 5.26. The van der Waals surface area contributed by atoms with Gasteiger partial charge in [-0.05, 0) is 29.8 Å². The smallest absolute Gasteiger partial charge is 0.330 e. The number of carbonyl (C=O) groups is 3. The maximum absolute atomic E-state index is 11.6. The first-order chi connectivity index (χ1) is 12.6. The Labute approximate surface area is 151 Å². The fraction of sp³-hybridized carbons (Fsp3) is 0.150. The van der Waals surface area contributed by atoms with Gasteiger partial charge in [0, 0.05) is 18.7 Å². The molecule has 1 amide bonds. The minimum Gasteiger partial charge on any atom is -0.489 e. The lowest BCUT2D eigenvalue weighted by molar-refractivity contribution is -0.139. The first-order valence-electron chi connectivity index (χ1n) is 7.95. The van der Waals surface area contributed by atoms with Crippen molar-refractivity contribution in [1.29, 1.82) is 0 Å². The number of nitrogens with one attached hydrogen (secondary N) is 1. The largest absolute Gasteiger partial charge is 0.489 e. The highest BCUT2D eigenvalue weighted by Crippen LogP contribution is 2.18. The molecule has 0 saturated carbocycles. The number of amides is 1. The third-order valence-corrected chi connectivity index (χ3v) is 3.44. The molecular weight excluding hydrogens is 334 g/mol. The van der Waals surface area contributed by atoms with Crippen molar-refractivity contribution in [1.82, 2.24) is 5.32 Å². The van der Waals surface area contributed by atoms with Gasteiger partial charge in [0.2, 0.25) is 0 Å². The van der Waals surface area contributed by atoms with Gasteiger partial charge in [0.25, 0.3) is 5.91 Å². The van der Waals surface area contributed by atoms with Gasteiger partial charge in [-0.25, -0.2) is 4.79 Å². The number of benzene rings is 2. The average Bonchev–Trinajstić information content (AvgIpc) is 2.69. The van der Waals surface area contributed by atoms with Gasteiger partial charge < -0.3 is 14.8 Å². The van der Waals surface area contributed by atoms with Gasteiger partial charge in [0.15, 0.2) is 6.29 Å². The van der Waals surface area contributed by atoms with Crippen molar-refractivity contribution in [2.24, 2.45) is 0 Å². The van der Waals surface area contributed by atoms with Crippen molar-refractivity contribution in [3.05, 3.63) is 77.4 Å². The van der Waals surface area contributed by atoms with Gasteiger partial charge in [0.1, 0.15) is 19.0 Å². The normalized spacial score (nSPS) is 10.3. The fourth-order valence-electron chi connectivity index (χ4n) is 2.12. The lowest BCUT2D eigenvalue weighted by atomic mass is 10.1. The monoisotopic (exact) mass is 353 g/mol. The van der Waals surface area contributed by atoms with Gasteiger partial charge in [-0.15, -0.1) is 0 Å². The molecule has 2 aromatic carbocycles.